The molecule has 0 bridgehead atoms. The van der Waals surface area contributed by atoms with Gasteiger partial charge in [0, 0.05) is 5.69 Å². The van der Waals surface area contributed by atoms with E-state index in [1.165, 1.54) is 0 Å². The second-order valence-corrected chi connectivity index (χ2v) is 4.78. The molecule has 1 aliphatic heterocycles. The highest BCUT2D eigenvalue weighted by atomic mass is 16.2. The van der Waals surface area contributed by atoms with E-state index in [4.69, 9.17) is 11.5 Å². The summed E-state index contributed by atoms with van der Waals surface area (Å²) in [7, 11) is 0. The van der Waals surface area contributed by atoms with Crippen LogP contribution in [0.4, 0.5) is 17.1 Å². The first-order valence-corrected chi connectivity index (χ1v) is 5.64. The van der Waals surface area contributed by atoms with E-state index in [0.29, 0.717) is 11.4 Å². The van der Waals surface area contributed by atoms with Crippen molar-refractivity contribution in [3.05, 3.63) is 17.7 Å². The van der Waals surface area contributed by atoms with Crippen LogP contribution in [0, 0.1) is 0 Å². The number of nitrogens with two attached hydrogens (primary N) is 2. The van der Waals surface area contributed by atoms with Crippen LogP contribution >= 0.6 is 0 Å². The molecule has 92 valence electrons. The Kier molecular flexibility index (Phi) is 2.53. The molecule has 1 spiro atoms. The Morgan fingerprint density at radius 1 is 1.18 bits per heavy atom. The molecule has 1 aliphatic carbocycles. The maximum Gasteiger partial charge on any atom is 0.235 e. The molecule has 1 heterocycles. The molecule has 0 atom stereocenters. The molecule has 17 heavy (non-hydrogen) atoms. The van der Waals surface area contributed by atoms with Crippen molar-refractivity contribution in [1.82, 2.24) is 0 Å². The van der Waals surface area contributed by atoms with Crippen LogP contribution in [0.3, 0.4) is 0 Å². The van der Waals surface area contributed by atoms with Crippen LogP contribution in [-0.4, -0.2) is 5.91 Å². The highest BCUT2D eigenvalue weighted by Gasteiger charge is 2.49. The van der Waals surface area contributed by atoms with E-state index >= 15 is 0 Å². The Hall–Kier alpha value is -1.71. The molecule has 0 unspecified atom stereocenters. The zero-order chi connectivity index (χ0) is 11.3. The monoisotopic (exact) mass is 233 g/mol. The summed E-state index contributed by atoms with van der Waals surface area (Å²) in [6, 6.07) is 3.60. The van der Waals surface area contributed by atoms with E-state index in [2.05, 4.69) is 5.32 Å². The van der Waals surface area contributed by atoms with Crippen molar-refractivity contribution in [2.75, 3.05) is 16.8 Å². The molecular weight excluding hydrogens is 214 g/mol. The molecule has 2 aliphatic rings. The number of nitrogens with one attached hydrogen (secondary N) is 1. The van der Waals surface area contributed by atoms with Crippen molar-refractivity contribution in [3.8, 4) is 0 Å². The van der Waals surface area contributed by atoms with Gasteiger partial charge in [-0.25, -0.2) is 0 Å². The first kappa shape index (κ1) is 11.8. The number of nitrogen functional groups attached to an aromatic ring is 2. The first-order chi connectivity index (χ1) is 7.63. The van der Waals surface area contributed by atoms with Gasteiger partial charge in [-0.05, 0) is 30.5 Å². The van der Waals surface area contributed by atoms with Crippen LogP contribution in [0.5, 0.6) is 0 Å². The van der Waals surface area contributed by atoms with E-state index in [1.54, 1.807) is 6.07 Å². The summed E-state index contributed by atoms with van der Waals surface area (Å²) in [5.41, 5.74) is 14.4. The summed E-state index contributed by atoms with van der Waals surface area (Å²) in [5.74, 6) is 0.0947. The minimum atomic E-state index is -0.348. The van der Waals surface area contributed by atoms with Crippen molar-refractivity contribution < 1.29 is 4.79 Å². The second kappa shape index (κ2) is 3.65. The van der Waals surface area contributed by atoms with Gasteiger partial charge < -0.3 is 16.8 Å². The number of anilines is 3. The topological polar surface area (TPSA) is 81.1 Å². The summed E-state index contributed by atoms with van der Waals surface area (Å²) in [5, 5.41) is 2.91. The van der Waals surface area contributed by atoms with Crippen molar-refractivity contribution >= 4 is 23.0 Å². The number of carbonyl (C=O) groups is 1. The zero-order valence-corrected chi connectivity index (χ0v) is 9.05. The van der Waals surface area contributed by atoms with Gasteiger partial charge >= 0.3 is 0 Å². The number of fused-ring (bicyclic) bond motifs is 2. The Labute approximate surface area is 101 Å². The van der Waals surface area contributed by atoms with Crippen molar-refractivity contribution in [1.29, 1.82) is 0 Å². The fraction of sp³-hybridized carbons (Fsp3) is 0.462. The first-order valence-electron chi connectivity index (χ1n) is 5.64. The molecule has 1 aromatic rings. The van der Waals surface area contributed by atoms with Crippen LogP contribution < -0.4 is 16.8 Å². The van der Waals surface area contributed by atoms with Crippen LogP contribution in [-0.2, 0) is 10.2 Å². The molecule has 0 saturated heterocycles. The Bertz CT molecular complexity index is 476. The lowest BCUT2D eigenvalue weighted by atomic mass is 9.80. The summed E-state index contributed by atoms with van der Waals surface area (Å²) in [6.07, 6.45) is 4.02. The third-order valence-corrected chi connectivity index (χ3v) is 3.84. The van der Waals surface area contributed by atoms with E-state index in [9.17, 15) is 4.79 Å². The molecule has 1 amide bonds. The van der Waals surface area contributed by atoms with Gasteiger partial charge in [0.05, 0.1) is 16.8 Å². The fourth-order valence-electron chi connectivity index (χ4n) is 3.04. The molecule has 1 saturated carbocycles. The van der Waals surface area contributed by atoms with Crippen molar-refractivity contribution in [3.63, 3.8) is 0 Å². The number of amides is 1. The van der Waals surface area contributed by atoms with Crippen molar-refractivity contribution in [2.45, 2.75) is 38.5 Å². The molecule has 4 heteroatoms. The number of hydrogen-bond acceptors (Lipinski definition) is 3. The smallest absolute Gasteiger partial charge is 0.235 e. The van der Waals surface area contributed by atoms with Gasteiger partial charge in [-0.3, -0.25) is 4.79 Å². The minimum Gasteiger partial charge on any atom is -0.399 e. The molecular formula is C13H19N3O. The lowest BCUT2D eigenvalue weighted by Gasteiger charge is -2.20. The van der Waals surface area contributed by atoms with E-state index in [1.807, 2.05) is 6.07 Å². The van der Waals surface area contributed by atoms with Crippen molar-refractivity contribution in [2.24, 2.45) is 0 Å². The van der Waals surface area contributed by atoms with Gasteiger partial charge in [0.1, 0.15) is 0 Å². The van der Waals surface area contributed by atoms with Gasteiger partial charge in [-0.1, -0.05) is 20.3 Å². The minimum absolute atomic E-state index is 0. The van der Waals surface area contributed by atoms with Gasteiger partial charge in [0.25, 0.3) is 0 Å². The summed E-state index contributed by atoms with van der Waals surface area (Å²) >= 11 is 0. The Morgan fingerprint density at radius 3 is 2.47 bits per heavy atom. The Balaban J connectivity index is 0.00000108. The van der Waals surface area contributed by atoms with Gasteiger partial charge in [0.15, 0.2) is 0 Å². The highest BCUT2D eigenvalue weighted by Crippen LogP contribution is 2.50. The maximum atomic E-state index is 12.1. The van der Waals surface area contributed by atoms with Gasteiger partial charge in [-0.15, -0.1) is 0 Å². The van der Waals surface area contributed by atoms with Crippen LogP contribution in [0.25, 0.3) is 0 Å². The molecule has 5 N–H and O–H groups in total. The second-order valence-electron chi connectivity index (χ2n) is 4.78. The third kappa shape index (κ3) is 1.40. The molecule has 4 nitrogen and oxygen atoms in total. The normalized spacial score (nSPS) is 19.9. The van der Waals surface area contributed by atoms with Gasteiger partial charge in [-0.2, -0.15) is 0 Å². The van der Waals surface area contributed by atoms with E-state index < -0.39 is 0 Å². The van der Waals surface area contributed by atoms with Crippen LogP contribution in [0.2, 0.25) is 0 Å². The lowest BCUT2D eigenvalue weighted by molar-refractivity contribution is -0.120. The Morgan fingerprint density at radius 2 is 1.82 bits per heavy atom. The maximum absolute atomic E-state index is 12.1. The average molecular weight is 233 g/mol. The number of hydrogen-bond donors (Lipinski definition) is 3. The number of benzene rings is 1. The molecule has 1 fully saturated rings. The zero-order valence-electron chi connectivity index (χ0n) is 9.05. The summed E-state index contributed by atoms with van der Waals surface area (Å²) in [4.78, 5) is 12.1. The molecule has 0 radical (unpaired) electrons. The summed E-state index contributed by atoms with van der Waals surface area (Å²) < 4.78 is 0. The number of carbonyl (C=O) groups excluding carboxylic acids is 1. The summed E-state index contributed by atoms with van der Waals surface area (Å²) in [6.45, 7) is 0. The van der Waals surface area contributed by atoms with E-state index in [0.717, 1.165) is 36.9 Å². The number of rotatable bonds is 0. The predicted octanol–water partition coefficient (Wildman–Crippen LogP) is 2.25. The van der Waals surface area contributed by atoms with Crippen LogP contribution in [0.1, 0.15) is 38.7 Å². The molecule has 0 aromatic heterocycles. The largest absolute Gasteiger partial charge is 0.399 e. The predicted molar refractivity (Wildman–Crippen MR) is 70.8 cm³/mol. The average Bonchev–Trinajstić information content (AvgIpc) is 2.79. The standard InChI is InChI=1S/C12H15N3O.CH4/c13-7-5-8-10(9(14)6-7)15-11(16)12(8)3-1-2-4-12;/h5-6H,1-4,13-14H2,(H,15,16);1H4. The van der Waals surface area contributed by atoms with E-state index in [-0.39, 0.29) is 18.7 Å². The quantitative estimate of drug-likeness (QED) is 0.601. The SMILES string of the molecule is C.Nc1cc(N)c2c(c1)C1(CCCC1)C(=O)N2. The fourth-order valence-corrected chi connectivity index (χ4v) is 3.04. The van der Waals surface area contributed by atoms with Gasteiger partial charge in [0.2, 0.25) is 5.91 Å². The highest BCUT2D eigenvalue weighted by molar-refractivity contribution is 6.09. The lowest BCUT2D eigenvalue weighted by Crippen LogP contribution is -2.30. The molecule has 3 rings (SSSR count). The molecule has 1 aromatic carbocycles. The van der Waals surface area contributed by atoms with Crippen LogP contribution in [0.15, 0.2) is 12.1 Å². The third-order valence-electron chi connectivity index (χ3n) is 3.84.